The fraction of sp³-hybridized carbons (Fsp3) is 0.786. The summed E-state index contributed by atoms with van der Waals surface area (Å²) in [6, 6.07) is 0.570. The molecule has 2 rings (SSSR count). The summed E-state index contributed by atoms with van der Waals surface area (Å²) in [4.78, 5) is 5.09. The fourth-order valence-electron chi connectivity index (χ4n) is 2.81. The Labute approximate surface area is 116 Å². The normalized spacial score (nSPS) is 19.7. The third-order valence-electron chi connectivity index (χ3n) is 4.14. The number of nitrogens with two attached hydrogens (primary N) is 1. The smallest absolute Gasteiger partial charge is 0.0522 e. The van der Waals surface area contributed by atoms with Crippen LogP contribution in [0.1, 0.15) is 18.9 Å². The molecule has 108 valence electrons. The van der Waals surface area contributed by atoms with Crippen LogP contribution in [0.2, 0.25) is 0 Å². The van der Waals surface area contributed by atoms with Crippen molar-refractivity contribution >= 4 is 0 Å². The summed E-state index contributed by atoms with van der Waals surface area (Å²) >= 11 is 0. The van der Waals surface area contributed by atoms with Crippen molar-refractivity contribution < 1.29 is 0 Å². The topological polar surface area (TPSA) is 50.3 Å². The van der Waals surface area contributed by atoms with Crippen molar-refractivity contribution in [2.24, 2.45) is 12.8 Å². The van der Waals surface area contributed by atoms with Gasteiger partial charge in [-0.05, 0) is 18.4 Å². The summed E-state index contributed by atoms with van der Waals surface area (Å²) in [5.41, 5.74) is 7.15. The van der Waals surface area contributed by atoms with Crippen LogP contribution in [0.3, 0.4) is 0 Å². The Hall–Kier alpha value is -0.910. The van der Waals surface area contributed by atoms with E-state index < -0.39 is 0 Å². The second-order valence-corrected chi connectivity index (χ2v) is 5.45. The van der Waals surface area contributed by atoms with Crippen molar-refractivity contribution in [3.63, 3.8) is 0 Å². The SMILES string of the molecule is CCC(CN)N1CCN(CCc2cnn(C)c2)CC1. The Morgan fingerprint density at radius 1 is 1.32 bits per heavy atom. The Balaban J connectivity index is 1.71. The molecule has 5 nitrogen and oxygen atoms in total. The molecule has 0 spiro atoms. The monoisotopic (exact) mass is 265 g/mol. The Morgan fingerprint density at radius 2 is 2.05 bits per heavy atom. The van der Waals surface area contributed by atoms with Gasteiger partial charge in [-0.3, -0.25) is 9.58 Å². The van der Waals surface area contributed by atoms with Crippen molar-refractivity contribution in [3.05, 3.63) is 18.0 Å². The van der Waals surface area contributed by atoms with E-state index >= 15 is 0 Å². The zero-order valence-corrected chi connectivity index (χ0v) is 12.3. The number of hydrogen-bond acceptors (Lipinski definition) is 4. The van der Waals surface area contributed by atoms with E-state index in [2.05, 4.69) is 28.0 Å². The minimum Gasteiger partial charge on any atom is -0.329 e. The molecule has 1 aliphatic rings. The first kappa shape index (κ1) is 14.5. The van der Waals surface area contributed by atoms with Gasteiger partial charge >= 0.3 is 0 Å². The Bertz CT molecular complexity index is 364. The van der Waals surface area contributed by atoms with Gasteiger partial charge in [0.05, 0.1) is 6.20 Å². The van der Waals surface area contributed by atoms with Crippen LogP contribution >= 0.6 is 0 Å². The molecule has 2 heterocycles. The van der Waals surface area contributed by atoms with Crippen LogP contribution in [0.4, 0.5) is 0 Å². The predicted octanol–water partition coefficient (Wildman–Crippen LogP) is 0.318. The molecule has 1 fully saturated rings. The molecule has 0 amide bonds. The molecule has 1 saturated heterocycles. The minimum absolute atomic E-state index is 0.570. The third kappa shape index (κ3) is 4.03. The molecule has 0 radical (unpaired) electrons. The molecule has 19 heavy (non-hydrogen) atoms. The van der Waals surface area contributed by atoms with Crippen molar-refractivity contribution in [2.75, 3.05) is 39.3 Å². The minimum atomic E-state index is 0.570. The van der Waals surface area contributed by atoms with Gasteiger partial charge < -0.3 is 10.6 Å². The van der Waals surface area contributed by atoms with E-state index in [1.165, 1.54) is 5.56 Å². The molecule has 0 bridgehead atoms. The Morgan fingerprint density at radius 3 is 2.58 bits per heavy atom. The number of piperazine rings is 1. The lowest BCUT2D eigenvalue weighted by Gasteiger charge is -2.38. The van der Waals surface area contributed by atoms with E-state index in [1.807, 2.05) is 17.9 Å². The first-order valence-corrected chi connectivity index (χ1v) is 7.37. The number of aryl methyl sites for hydroxylation is 1. The maximum absolute atomic E-state index is 5.82. The largest absolute Gasteiger partial charge is 0.329 e. The number of aromatic nitrogens is 2. The predicted molar refractivity (Wildman–Crippen MR) is 78.1 cm³/mol. The zero-order chi connectivity index (χ0) is 13.7. The van der Waals surface area contributed by atoms with Crippen LogP contribution in [0.15, 0.2) is 12.4 Å². The lowest BCUT2D eigenvalue weighted by Crippen LogP contribution is -2.52. The number of rotatable bonds is 6. The van der Waals surface area contributed by atoms with E-state index in [4.69, 9.17) is 5.73 Å². The molecule has 1 aliphatic heterocycles. The highest BCUT2D eigenvalue weighted by Gasteiger charge is 2.21. The summed E-state index contributed by atoms with van der Waals surface area (Å²) in [7, 11) is 1.97. The highest BCUT2D eigenvalue weighted by atomic mass is 15.3. The van der Waals surface area contributed by atoms with E-state index in [1.54, 1.807) is 0 Å². The van der Waals surface area contributed by atoms with E-state index in [9.17, 15) is 0 Å². The van der Waals surface area contributed by atoms with Crippen LogP contribution in [-0.4, -0.2) is 64.9 Å². The standard InChI is InChI=1S/C14H27N5/c1-3-14(10-15)19-8-6-18(7-9-19)5-4-13-11-16-17(2)12-13/h11-12,14H,3-10,15H2,1-2H3. The molecular weight excluding hydrogens is 238 g/mol. The van der Waals surface area contributed by atoms with Gasteiger partial charge in [-0.1, -0.05) is 6.92 Å². The van der Waals surface area contributed by atoms with E-state index in [0.717, 1.165) is 52.1 Å². The van der Waals surface area contributed by atoms with Crippen molar-refractivity contribution in [1.29, 1.82) is 0 Å². The molecule has 1 unspecified atom stereocenters. The summed E-state index contributed by atoms with van der Waals surface area (Å²) < 4.78 is 1.88. The molecule has 0 aliphatic carbocycles. The van der Waals surface area contributed by atoms with Crippen molar-refractivity contribution in [2.45, 2.75) is 25.8 Å². The van der Waals surface area contributed by atoms with Gasteiger partial charge in [-0.15, -0.1) is 0 Å². The van der Waals surface area contributed by atoms with E-state index in [0.29, 0.717) is 6.04 Å². The molecule has 0 saturated carbocycles. The van der Waals surface area contributed by atoms with Gasteiger partial charge in [0.25, 0.3) is 0 Å². The average molecular weight is 265 g/mol. The van der Waals surface area contributed by atoms with Gasteiger partial charge in [-0.25, -0.2) is 0 Å². The van der Waals surface area contributed by atoms with Gasteiger partial charge in [0, 0.05) is 58.6 Å². The lowest BCUT2D eigenvalue weighted by molar-refractivity contribution is 0.0975. The first-order valence-electron chi connectivity index (χ1n) is 7.37. The molecular formula is C14H27N5. The Kier molecular flexibility index (Phi) is 5.36. The third-order valence-corrected chi connectivity index (χ3v) is 4.14. The van der Waals surface area contributed by atoms with Gasteiger partial charge in [0.1, 0.15) is 0 Å². The summed E-state index contributed by atoms with van der Waals surface area (Å²) in [5.74, 6) is 0. The maximum atomic E-state index is 5.82. The maximum Gasteiger partial charge on any atom is 0.0522 e. The van der Waals surface area contributed by atoms with Crippen molar-refractivity contribution in [3.8, 4) is 0 Å². The summed E-state index contributed by atoms with van der Waals surface area (Å²) in [5, 5.41) is 4.21. The molecule has 0 aromatic carbocycles. The highest BCUT2D eigenvalue weighted by Crippen LogP contribution is 2.09. The molecule has 1 atom stereocenters. The van der Waals surface area contributed by atoms with Crippen LogP contribution in [-0.2, 0) is 13.5 Å². The van der Waals surface area contributed by atoms with Crippen LogP contribution in [0, 0.1) is 0 Å². The molecule has 2 N–H and O–H groups in total. The number of hydrogen-bond donors (Lipinski definition) is 1. The van der Waals surface area contributed by atoms with E-state index in [-0.39, 0.29) is 0 Å². The second-order valence-electron chi connectivity index (χ2n) is 5.45. The average Bonchev–Trinajstić information content (AvgIpc) is 2.85. The van der Waals surface area contributed by atoms with Gasteiger partial charge in [-0.2, -0.15) is 5.10 Å². The molecule has 1 aromatic rings. The lowest BCUT2D eigenvalue weighted by atomic mass is 10.1. The quantitative estimate of drug-likeness (QED) is 0.805. The summed E-state index contributed by atoms with van der Waals surface area (Å²) in [6.07, 6.45) is 6.34. The van der Waals surface area contributed by atoms with Crippen LogP contribution in [0.25, 0.3) is 0 Å². The zero-order valence-electron chi connectivity index (χ0n) is 12.3. The second kappa shape index (κ2) is 7.03. The number of nitrogens with zero attached hydrogens (tertiary/aromatic N) is 4. The van der Waals surface area contributed by atoms with Gasteiger partial charge in [0.2, 0.25) is 0 Å². The van der Waals surface area contributed by atoms with Crippen molar-refractivity contribution in [1.82, 2.24) is 19.6 Å². The molecule has 1 aromatic heterocycles. The fourth-order valence-corrected chi connectivity index (χ4v) is 2.81. The van der Waals surface area contributed by atoms with Crippen LogP contribution < -0.4 is 5.73 Å². The van der Waals surface area contributed by atoms with Crippen LogP contribution in [0.5, 0.6) is 0 Å². The highest BCUT2D eigenvalue weighted by molar-refractivity contribution is 5.04. The summed E-state index contributed by atoms with van der Waals surface area (Å²) in [6.45, 7) is 8.79. The van der Waals surface area contributed by atoms with Gasteiger partial charge in [0.15, 0.2) is 0 Å². The molecule has 5 heteroatoms. The first-order chi connectivity index (χ1) is 9.22.